The molecule has 0 aliphatic carbocycles. The van der Waals surface area contributed by atoms with E-state index < -0.39 is 17.5 Å². The van der Waals surface area contributed by atoms with E-state index in [1.807, 2.05) is 0 Å². The molecule has 1 aliphatic rings. The Balaban J connectivity index is 1.42. The zero-order chi connectivity index (χ0) is 19.0. The lowest BCUT2D eigenvalue weighted by molar-refractivity contribution is 0.0684. The summed E-state index contributed by atoms with van der Waals surface area (Å²) >= 11 is 0. The van der Waals surface area contributed by atoms with Gasteiger partial charge >= 0.3 is 0 Å². The molecule has 1 aromatic carbocycles. The first-order valence-corrected chi connectivity index (χ1v) is 8.48. The van der Waals surface area contributed by atoms with Gasteiger partial charge in [-0.1, -0.05) is 10.4 Å². The Morgan fingerprint density at radius 3 is 2.74 bits per heavy atom. The van der Waals surface area contributed by atoms with Crippen LogP contribution in [0, 0.1) is 18.6 Å². The highest BCUT2D eigenvalue weighted by atomic mass is 19.1. The van der Waals surface area contributed by atoms with Crippen LogP contribution in [0.3, 0.4) is 0 Å². The number of benzene rings is 1. The Morgan fingerprint density at radius 1 is 1.26 bits per heavy atom. The molecule has 2 aromatic heterocycles. The van der Waals surface area contributed by atoms with Crippen LogP contribution in [0.5, 0.6) is 0 Å². The van der Waals surface area contributed by atoms with Crippen LogP contribution < -0.4 is 0 Å². The van der Waals surface area contributed by atoms with Crippen LogP contribution in [0.15, 0.2) is 28.9 Å². The van der Waals surface area contributed by atoms with Gasteiger partial charge in [-0.3, -0.25) is 4.79 Å². The quantitative estimate of drug-likeness (QED) is 0.699. The van der Waals surface area contributed by atoms with Gasteiger partial charge in [0.1, 0.15) is 11.6 Å². The number of amides is 1. The Kier molecular flexibility index (Phi) is 4.38. The number of piperidine rings is 1. The van der Waals surface area contributed by atoms with Crippen LogP contribution in [-0.2, 0) is 0 Å². The highest BCUT2D eigenvalue weighted by molar-refractivity contribution is 5.94. The van der Waals surface area contributed by atoms with Gasteiger partial charge in [-0.15, -0.1) is 5.10 Å². The van der Waals surface area contributed by atoms with Gasteiger partial charge in [0.15, 0.2) is 11.5 Å². The summed E-state index contributed by atoms with van der Waals surface area (Å²) < 4.78 is 33.9. The summed E-state index contributed by atoms with van der Waals surface area (Å²) in [7, 11) is 0. The fraction of sp³-hybridized carbons (Fsp3) is 0.353. The molecule has 3 aromatic rings. The van der Waals surface area contributed by atoms with Crippen molar-refractivity contribution >= 4 is 5.91 Å². The molecule has 1 aliphatic heterocycles. The van der Waals surface area contributed by atoms with E-state index in [1.165, 1.54) is 4.90 Å². The predicted molar refractivity (Wildman–Crippen MR) is 88.6 cm³/mol. The molecule has 0 unspecified atom stereocenters. The second-order valence-corrected chi connectivity index (χ2v) is 6.38. The number of hydrogen-bond donors (Lipinski definition) is 0. The molecule has 1 amide bonds. The number of hydrogen-bond acceptors (Lipinski definition) is 6. The van der Waals surface area contributed by atoms with Crippen LogP contribution in [0.4, 0.5) is 8.78 Å². The normalized spacial score (nSPS) is 15.3. The summed E-state index contributed by atoms with van der Waals surface area (Å²) in [6.45, 7) is 2.54. The van der Waals surface area contributed by atoms with Crippen molar-refractivity contribution in [3.8, 4) is 11.6 Å². The van der Waals surface area contributed by atoms with E-state index in [0.717, 1.165) is 18.2 Å². The first-order valence-electron chi connectivity index (χ1n) is 8.48. The van der Waals surface area contributed by atoms with Gasteiger partial charge in [-0.25, -0.2) is 13.5 Å². The highest BCUT2D eigenvalue weighted by Gasteiger charge is 2.27. The molecule has 0 N–H and O–H groups in total. The fourth-order valence-corrected chi connectivity index (χ4v) is 3.12. The molecule has 0 radical (unpaired) electrons. The molecule has 0 atom stereocenters. The zero-order valence-electron chi connectivity index (χ0n) is 14.5. The molecule has 1 fully saturated rings. The molecular formula is C17H16F2N6O2. The number of aromatic nitrogens is 5. The summed E-state index contributed by atoms with van der Waals surface area (Å²) in [5.41, 5.74) is 0.235. The van der Waals surface area contributed by atoms with Crippen molar-refractivity contribution in [3.63, 3.8) is 0 Å². The van der Waals surface area contributed by atoms with Crippen LogP contribution in [-0.4, -0.2) is 49.0 Å². The van der Waals surface area contributed by atoms with Crippen molar-refractivity contribution in [3.05, 3.63) is 47.4 Å². The lowest BCUT2D eigenvalue weighted by Gasteiger charge is -2.32. The van der Waals surface area contributed by atoms with E-state index in [9.17, 15) is 13.6 Å². The third-order valence-corrected chi connectivity index (χ3v) is 4.54. The van der Waals surface area contributed by atoms with Gasteiger partial charge in [0, 0.05) is 13.1 Å². The highest BCUT2D eigenvalue weighted by Crippen LogP contribution is 2.25. The summed E-state index contributed by atoms with van der Waals surface area (Å²) in [6, 6.07) is 2.92. The van der Waals surface area contributed by atoms with E-state index in [1.54, 1.807) is 17.8 Å². The number of likely N-dealkylation sites (tertiary alicyclic amines) is 1. The number of halogens is 2. The minimum absolute atomic E-state index is 0.0386. The number of carbonyl (C=O) groups is 1. The van der Waals surface area contributed by atoms with Crippen molar-refractivity contribution in [1.29, 1.82) is 0 Å². The number of carbonyl (C=O) groups excluding carboxylic acids is 1. The average molecular weight is 374 g/mol. The van der Waals surface area contributed by atoms with Crippen molar-refractivity contribution in [2.75, 3.05) is 13.1 Å². The van der Waals surface area contributed by atoms with Crippen LogP contribution in [0.1, 0.15) is 35.1 Å². The van der Waals surface area contributed by atoms with Gasteiger partial charge in [0.05, 0.1) is 17.8 Å². The van der Waals surface area contributed by atoms with Crippen LogP contribution in [0.25, 0.3) is 11.6 Å². The van der Waals surface area contributed by atoms with Crippen LogP contribution >= 0.6 is 0 Å². The van der Waals surface area contributed by atoms with Gasteiger partial charge in [-0.05, 0) is 38.0 Å². The zero-order valence-corrected chi connectivity index (χ0v) is 14.5. The monoisotopic (exact) mass is 374 g/mol. The molecule has 10 heteroatoms. The largest absolute Gasteiger partial charge is 0.338 e. The minimum atomic E-state index is -0.723. The fourth-order valence-electron chi connectivity index (χ4n) is 3.12. The third kappa shape index (κ3) is 3.42. The standard InChI is InChI=1S/C17H16F2N6O2/c1-10-20-16(27-22-10)15-9-25(23-21-15)12-4-6-24(7-5-12)17(26)13-8-11(18)2-3-14(13)19/h2-3,8-9,12H,4-7H2,1H3. The molecule has 0 spiro atoms. The first kappa shape index (κ1) is 17.3. The van der Waals surface area contributed by atoms with Gasteiger partial charge in [-0.2, -0.15) is 4.98 Å². The summed E-state index contributed by atoms with van der Waals surface area (Å²) in [5, 5.41) is 11.9. The van der Waals surface area contributed by atoms with E-state index in [-0.39, 0.29) is 11.6 Å². The molecule has 140 valence electrons. The molecule has 27 heavy (non-hydrogen) atoms. The smallest absolute Gasteiger partial charge is 0.280 e. The summed E-state index contributed by atoms with van der Waals surface area (Å²) in [6.07, 6.45) is 2.96. The Bertz CT molecular complexity index is 977. The predicted octanol–water partition coefficient (Wildman–Crippen LogP) is 2.39. The molecule has 0 saturated carbocycles. The molecular weight excluding hydrogens is 358 g/mol. The van der Waals surface area contributed by atoms with Crippen molar-refractivity contribution in [2.45, 2.75) is 25.8 Å². The lowest BCUT2D eigenvalue weighted by atomic mass is 10.0. The number of aryl methyl sites for hydroxylation is 1. The van der Waals surface area contributed by atoms with E-state index in [4.69, 9.17) is 4.52 Å². The minimum Gasteiger partial charge on any atom is -0.338 e. The van der Waals surface area contributed by atoms with Gasteiger partial charge in [0.25, 0.3) is 11.8 Å². The topological polar surface area (TPSA) is 89.9 Å². The Labute approximate surface area is 152 Å². The summed E-state index contributed by atoms with van der Waals surface area (Å²) in [4.78, 5) is 18.1. The number of nitrogens with zero attached hydrogens (tertiary/aromatic N) is 6. The van der Waals surface area contributed by atoms with Crippen molar-refractivity contribution < 1.29 is 18.1 Å². The van der Waals surface area contributed by atoms with Crippen LogP contribution in [0.2, 0.25) is 0 Å². The molecule has 0 bridgehead atoms. The maximum absolute atomic E-state index is 13.8. The lowest BCUT2D eigenvalue weighted by Crippen LogP contribution is -2.39. The number of rotatable bonds is 3. The third-order valence-electron chi connectivity index (χ3n) is 4.54. The second-order valence-electron chi connectivity index (χ2n) is 6.38. The molecule has 8 nitrogen and oxygen atoms in total. The average Bonchev–Trinajstić information content (AvgIpc) is 3.32. The van der Waals surface area contributed by atoms with E-state index >= 15 is 0 Å². The van der Waals surface area contributed by atoms with Crippen molar-refractivity contribution in [2.24, 2.45) is 0 Å². The molecule has 1 saturated heterocycles. The first-order chi connectivity index (χ1) is 13.0. The van der Waals surface area contributed by atoms with E-state index in [0.29, 0.717) is 43.3 Å². The van der Waals surface area contributed by atoms with Gasteiger partial charge < -0.3 is 9.42 Å². The Hall–Kier alpha value is -3.17. The molecule has 3 heterocycles. The maximum atomic E-state index is 13.8. The summed E-state index contributed by atoms with van der Waals surface area (Å²) in [5.74, 6) is -1.06. The van der Waals surface area contributed by atoms with Crippen molar-refractivity contribution in [1.82, 2.24) is 30.0 Å². The second kappa shape index (κ2) is 6.86. The maximum Gasteiger partial charge on any atom is 0.280 e. The van der Waals surface area contributed by atoms with E-state index in [2.05, 4.69) is 20.5 Å². The Morgan fingerprint density at radius 2 is 2.04 bits per heavy atom. The SMILES string of the molecule is Cc1noc(-c2cn(C3CCN(C(=O)c4cc(F)ccc4F)CC3)nn2)n1. The van der Waals surface area contributed by atoms with Gasteiger partial charge in [0.2, 0.25) is 0 Å². The molecule has 4 rings (SSSR count).